The summed E-state index contributed by atoms with van der Waals surface area (Å²) in [6, 6.07) is 15.0. The van der Waals surface area contributed by atoms with Gasteiger partial charge in [-0.25, -0.2) is 4.79 Å². The Kier molecular flexibility index (Phi) is 7.07. The van der Waals surface area contributed by atoms with Gasteiger partial charge in [0.05, 0.1) is 17.4 Å². The lowest BCUT2D eigenvalue weighted by Gasteiger charge is -2.09. The first-order valence-corrected chi connectivity index (χ1v) is 9.33. The summed E-state index contributed by atoms with van der Waals surface area (Å²) in [6.45, 7) is 5.65. The van der Waals surface area contributed by atoms with Crippen LogP contribution in [0, 0.1) is 6.92 Å². The fourth-order valence-electron chi connectivity index (χ4n) is 2.17. The van der Waals surface area contributed by atoms with E-state index in [9.17, 15) is 9.59 Å². The summed E-state index contributed by atoms with van der Waals surface area (Å²) in [7, 11) is 0. The number of anilines is 1. The number of esters is 1. The molecule has 0 saturated heterocycles. The Labute approximate surface area is 153 Å². The Bertz CT molecular complexity index is 726. The molecule has 0 unspecified atom stereocenters. The third kappa shape index (κ3) is 6.63. The summed E-state index contributed by atoms with van der Waals surface area (Å²) in [5.74, 6) is 0.654. The van der Waals surface area contributed by atoms with Crippen LogP contribution in [0.2, 0.25) is 0 Å². The highest BCUT2D eigenvalue weighted by atomic mass is 32.2. The van der Waals surface area contributed by atoms with Gasteiger partial charge in [-0.1, -0.05) is 29.8 Å². The van der Waals surface area contributed by atoms with Crippen LogP contribution in [-0.2, 0) is 15.3 Å². The molecule has 0 saturated carbocycles. The highest BCUT2D eigenvalue weighted by Crippen LogP contribution is 2.16. The standard InChI is InChI=1S/C20H23NO3S/c1-14(2)24-20(23)17-6-4-5-16(11-17)12-25-13-19(22)21-18-9-7-15(3)8-10-18/h4-11,14H,12-13H2,1-3H3,(H,21,22). The van der Waals surface area contributed by atoms with E-state index >= 15 is 0 Å². The van der Waals surface area contributed by atoms with Crippen LogP contribution in [-0.4, -0.2) is 23.7 Å². The van der Waals surface area contributed by atoms with Gasteiger partial charge < -0.3 is 10.1 Å². The van der Waals surface area contributed by atoms with E-state index in [1.807, 2.05) is 63.2 Å². The first kappa shape index (κ1) is 19.1. The lowest BCUT2D eigenvalue weighted by atomic mass is 10.1. The monoisotopic (exact) mass is 357 g/mol. The number of hydrogen-bond acceptors (Lipinski definition) is 4. The van der Waals surface area contributed by atoms with E-state index in [0.717, 1.165) is 16.8 Å². The minimum absolute atomic E-state index is 0.0378. The van der Waals surface area contributed by atoms with Crippen LogP contribution >= 0.6 is 11.8 Å². The zero-order valence-electron chi connectivity index (χ0n) is 14.7. The number of benzene rings is 2. The molecule has 0 atom stereocenters. The first-order valence-electron chi connectivity index (χ1n) is 8.18. The number of thioether (sulfide) groups is 1. The predicted octanol–water partition coefficient (Wildman–Crippen LogP) is 4.43. The van der Waals surface area contributed by atoms with Gasteiger partial charge in [-0.05, 0) is 50.6 Å². The molecule has 2 aromatic rings. The third-order valence-electron chi connectivity index (χ3n) is 3.34. The van der Waals surface area contributed by atoms with Crippen molar-refractivity contribution in [2.24, 2.45) is 0 Å². The van der Waals surface area contributed by atoms with E-state index in [1.54, 1.807) is 6.07 Å². The normalized spacial score (nSPS) is 10.6. The number of rotatable bonds is 7. The van der Waals surface area contributed by atoms with Crippen molar-refractivity contribution < 1.29 is 14.3 Å². The number of carbonyl (C=O) groups is 2. The van der Waals surface area contributed by atoms with Crippen LogP contribution in [0.15, 0.2) is 48.5 Å². The fraction of sp³-hybridized carbons (Fsp3) is 0.300. The van der Waals surface area contributed by atoms with E-state index in [4.69, 9.17) is 4.74 Å². The minimum Gasteiger partial charge on any atom is -0.459 e. The number of carbonyl (C=O) groups excluding carboxylic acids is 2. The molecule has 0 aliphatic heterocycles. The molecule has 0 aliphatic rings. The molecule has 132 valence electrons. The van der Waals surface area contributed by atoms with E-state index < -0.39 is 0 Å². The second kappa shape index (κ2) is 9.28. The molecule has 0 fully saturated rings. The van der Waals surface area contributed by atoms with E-state index in [-0.39, 0.29) is 18.0 Å². The van der Waals surface area contributed by atoms with E-state index in [0.29, 0.717) is 17.1 Å². The van der Waals surface area contributed by atoms with E-state index in [1.165, 1.54) is 11.8 Å². The maximum Gasteiger partial charge on any atom is 0.338 e. The smallest absolute Gasteiger partial charge is 0.338 e. The van der Waals surface area contributed by atoms with Crippen LogP contribution in [0.5, 0.6) is 0 Å². The van der Waals surface area contributed by atoms with Gasteiger partial charge in [0.1, 0.15) is 0 Å². The second-order valence-electron chi connectivity index (χ2n) is 6.06. The Hall–Kier alpha value is -2.27. The number of ether oxygens (including phenoxy) is 1. The minimum atomic E-state index is -0.320. The molecule has 0 aromatic heterocycles. The zero-order valence-corrected chi connectivity index (χ0v) is 15.6. The molecule has 1 N–H and O–H groups in total. The van der Waals surface area contributed by atoms with Gasteiger partial charge in [-0.15, -0.1) is 11.8 Å². The average Bonchev–Trinajstić information content (AvgIpc) is 2.57. The molecule has 5 heteroatoms. The van der Waals surface area contributed by atoms with Crippen molar-refractivity contribution in [2.75, 3.05) is 11.1 Å². The van der Waals surface area contributed by atoms with E-state index in [2.05, 4.69) is 5.32 Å². The highest BCUT2D eigenvalue weighted by Gasteiger charge is 2.10. The summed E-state index contributed by atoms with van der Waals surface area (Å²) in [4.78, 5) is 23.9. The molecule has 2 rings (SSSR count). The SMILES string of the molecule is Cc1ccc(NC(=O)CSCc2cccc(C(=O)OC(C)C)c2)cc1. The second-order valence-corrected chi connectivity index (χ2v) is 7.05. The van der Waals surface area contributed by atoms with Gasteiger partial charge in [0.2, 0.25) is 5.91 Å². The van der Waals surface area contributed by atoms with Gasteiger partial charge >= 0.3 is 5.97 Å². The third-order valence-corrected chi connectivity index (χ3v) is 4.35. The molecule has 0 radical (unpaired) electrons. The van der Waals surface area contributed by atoms with Crippen molar-refractivity contribution >= 4 is 29.3 Å². The summed E-state index contributed by atoms with van der Waals surface area (Å²) >= 11 is 1.51. The topological polar surface area (TPSA) is 55.4 Å². The molecule has 4 nitrogen and oxygen atoms in total. The van der Waals surface area contributed by atoms with Crippen molar-refractivity contribution in [1.29, 1.82) is 0 Å². The largest absolute Gasteiger partial charge is 0.459 e. The summed E-state index contributed by atoms with van der Waals surface area (Å²) < 4.78 is 5.20. The van der Waals surface area contributed by atoms with Crippen molar-refractivity contribution in [2.45, 2.75) is 32.6 Å². The first-order chi connectivity index (χ1) is 11.9. The number of nitrogens with one attached hydrogen (secondary N) is 1. The summed E-state index contributed by atoms with van der Waals surface area (Å²) in [5, 5.41) is 2.87. The van der Waals surface area contributed by atoms with Crippen LogP contribution in [0.3, 0.4) is 0 Å². The molecule has 2 aromatic carbocycles. The van der Waals surface area contributed by atoms with Crippen molar-refractivity contribution in [3.8, 4) is 0 Å². The quantitative estimate of drug-likeness (QED) is 0.745. The van der Waals surface area contributed by atoms with Gasteiger partial charge in [0.15, 0.2) is 0 Å². The van der Waals surface area contributed by atoms with Crippen LogP contribution in [0.1, 0.15) is 35.3 Å². The molecular formula is C20H23NO3S. The van der Waals surface area contributed by atoms with Crippen LogP contribution in [0.4, 0.5) is 5.69 Å². The Morgan fingerprint density at radius 3 is 2.52 bits per heavy atom. The zero-order chi connectivity index (χ0) is 18.2. The van der Waals surface area contributed by atoms with Crippen molar-refractivity contribution in [3.63, 3.8) is 0 Å². The molecule has 0 bridgehead atoms. The summed E-state index contributed by atoms with van der Waals surface area (Å²) in [5.41, 5.74) is 3.49. The Morgan fingerprint density at radius 2 is 1.84 bits per heavy atom. The number of amides is 1. The van der Waals surface area contributed by atoms with Crippen molar-refractivity contribution in [3.05, 3.63) is 65.2 Å². The number of aryl methyl sites for hydroxylation is 1. The lowest BCUT2D eigenvalue weighted by Crippen LogP contribution is -2.14. The number of hydrogen-bond donors (Lipinski definition) is 1. The lowest BCUT2D eigenvalue weighted by molar-refractivity contribution is -0.113. The van der Waals surface area contributed by atoms with Crippen molar-refractivity contribution in [1.82, 2.24) is 0 Å². The van der Waals surface area contributed by atoms with Gasteiger partial charge in [0.25, 0.3) is 0 Å². The molecule has 1 amide bonds. The molecular weight excluding hydrogens is 334 g/mol. The highest BCUT2D eigenvalue weighted by molar-refractivity contribution is 7.99. The molecule has 25 heavy (non-hydrogen) atoms. The summed E-state index contributed by atoms with van der Waals surface area (Å²) in [6.07, 6.45) is -0.143. The predicted molar refractivity (Wildman–Crippen MR) is 103 cm³/mol. The van der Waals surface area contributed by atoms with Crippen LogP contribution < -0.4 is 5.32 Å². The van der Waals surface area contributed by atoms with Gasteiger partial charge in [-0.2, -0.15) is 0 Å². The fourth-order valence-corrected chi connectivity index (χ4v) is 2.94. The van der Waals surface area contributed by atoms with Gasteiger partial charge in [-0.3, -0.25) is 4.79 Å². The Morgan fingerprint density at radius 1 is 1.12 bits per heavy atom. The molecule has 0 spiro atoms. The maximum atomic E-state index is 12.0. The van der Waals surface area contributed by atoms with Crippen LogP contribution in [0.25, 0.3) is 0 Å². The van der Waals surface area contributed by atoms with Gasteiger partial charge in [0, 0.05) is 11.4 Å². The Balaban J connectivity index is 1.82. The average molecular weight is 357 g/mol. The molecule has 0 heterocycles. The molecule has 0 aliphatic carbocycles. The maximum absolute atomic E-state index is 12.0.